The fourth-order valence-electron chi connectivity index (χ4n) is 2.57. The van der Waals surface area contributed by atoms with Gasteiger partial charge in [-0.2, -0.15) is 0 Å². The Morgan fingerprint density at radius 1 is 1.38 bits per heavy atom. The molecular weight excluding hydrogens is 198 g/mol. The van der Waals surface area contributed by atoms with Crippen molar-refractivity contribution in [3.05, 3.63) is 35.5 Å². The van der Waals surface area contributed by atoms with Crippen molar-refractivity contribution in [2.75, 3.05) is 6.61 Å². The van der Waals surface area contributed by atoms with E-state index in [4.69, 9.17) is 4.74 Å². The van der Waals surface area contributed by atoms with Gasteiger partial charge >= 0.3 is 0 Å². The van der Waals surface area contributed by atoms with Crippen molar-refractivity contribution in [2.45, 2.75) is 26.4 Å². The third-order valence-electron chi connectivity index (χ3n) is 3.57. The molecule has 0 amide bonds. The lowest BCUT2D eigenvalue weighted by Gasteiger charge is -2.28. The summed E-state index contributed by atoms with van der Waals surface area (Å²) in [5, 5.41) is 1.28. The average Bonchev–Trinajstić information content (AvgIpc) is 2.71. The Bertz CT molecular complexity index is 512. The summed E-state index contributed by atoms with van der Waals surface area (Å²) < 4.78 is 5.69. The van der Waals surface area contributed by atoms with Gasteiger partial charge in [-0.05, 0) is 40.6 Å². The molecule has 2 heterocycles. The van der Waals surface area contributed by atoms with E-state index in [1.807, 2.05) is 6.20 Å². The van der Waals surface area contributed by atoms with Crippen LogP contribution in [0.1, 0.15) is 30.9 Å². The van der Waals surface area contributed by atoms with Gasteiger partial charge in [0.05, 0.1) is 13.2 Å². The molecule has 1 atom stereocenters. The van der Waals surface area contributed by atoms with Gasteiger partial charge < -0.3 is 9.72 Å². The molecule has 0 aliphatic carbocycles. The van der Waals surface area contributed by atoms with Gasteiger partial charge in [0.1, 0.15) is 0 Å². The lowest BCUT2D eigenvalue weighted by atomic mass is 9.84. The zero-order chi connectivity index (χ0) is 11.1. The van der Waals surface area contributed by atoms with Gasteiger partial charge in [0.25, 0.3) is 0 Å². The van der Waals surface area contributed by atoms with Crippen LogP contribution in [0.3, 0.4) is 0 Å². The SMILES string of the molecule is CC(C)C1COCc2cc3cc[nH]c3cc21. The van der Waals surface area contributed by atoms with Crippen molar-refractivity contribution in [2.24, 2.45) is 5.92 Å². The van der Waals surface area contributed by atoms with E-state index < -0.39 is 0 Å². The molecule has 1 aliphatic heterocycles. The van der Waals surface area contributed by atoms with Gasteiger partial charge in [-0.3, -0.25) is 0 Å². The van der Waals surface area contributed by atoms with E-state index in [-0.39, 0.29) is 0 Å². The molecule has 1 aliphatic rings. The minimum absolute atomic E-state index is 0.538. The highest BCUT2D eigenvalue weighted by molar-refractivity contribution is 5.81. The van der Waals surface area contributed by atoms with Gasteiger partial charge in [0.15, 0.2) is 0 Å². The molecule has 1 aromatic carbocycles. The maximum Gasteiger partial charge on any atom is 0.0720 e. The number of benzene rings is 1. The summed E-state index contributed by atoms with van der Waals surface area (Å²) in [7, 11) is 0. The highest BCUT2D eigenvalue weighted by Gasteiger charge is 2.23. The van der Waals surface area contributed by atoms with Crippen LogP contribution in [0.15, 0.2) is 24.4 Å². The normalized spacial score (nSPS) is 20.3. The van der Waals surface area contributed by atoms with Crippen LogP contribution in [0.25, 0.3) is 10.9 Å². The van der Waals surface area contributed by atoms with Crippen LogP contribution >= 0.6 is 0 Å². The highest BCUT2D eigenvalue weighted by Crippen LogP contribution is 2.34. The largest absolute Gasteiger partial charge is 0.376 e. The smallest absolute Gasteiger partial charge is 0.0720 e. The summed E-state index contributed by atoms with van der Waals surface area (Å²) in [5.74, 6) is 1.17. The van der Waals surface area contributed by atoms with Crippen molar-refractivity contribution in [1.29, 1.82) is 0 Å². The molecule has 1 unspecified atom stereocenters. The first-order chi connectivity index (χ1) is 7.75. The van der Waals surface area contributed by atoms with Crippen LogP contribution in [-0.4, -0.2) is 11.6 Å². The Hall–Kier alpha value is -1.28. The molecule has 1 N–H and O–H groups in total. The molecule has 0 radical (unpaired) electrons. The van der Waals surface area contributed by atoms with Gasteiger partial charge in [-0.25, -0.2) is 0 Å². The Balaban J connectivity index is 2.17. The van der Waals surface area contributed by atoms with Gasteiger partial charge in [0.2, 0.25) is 0 Å². The van der Waals surface area contributed by atoms with E-state index in [9.17, 15) is 0 Å². The number of fused-ring (bicyclic) bond motifs is 2. The zero-order valence-corrected chi connectivity index (χ0v) is 9.79. The van der Waals surface area contributed by atoms with Crippen LogP contribution in [0.2, 0.25) is 0 Å². The molecule has 16 heavy (non-hydrogen) atoms. The first kappa shape index (κ1) is 9.91. The molecule has 0 spiro atoms. The van der Waals surface area contributed by atoms with Gasteiger partial charge in [-0.1, -0.05) is 13.8 Å². The summed E-state index contributed by atoms with van der Waals surface area (Å²) in [6.07, 6.45) is 2.00. The van der Waals surface area contributed by atoms with E-state index in [0.29, 0.717) is 11.8 Å². The fourth-order valence-corrected chi connectivity index (χ4v) is 2.57. The maximum absolute atomic E-state index is 5.69. The second-order valence-electron chi connectivity index (χ2n) is 4.98. The molecule has 3 rings (SSSR count). The number of aromatic nitrogens is 1. The molecule has 0 saturated carbocycles. The van der Waals surface area contributed by atoms with Crippen molar-refractivity contribution in [3.8, 4) is 0 Å². The van der Waals surface area contributed by atoms with E-state index in [0.717, 1.165) is 13.2 Å². The van der Waals surface area contributed by atoms with Gasteiger partial charge in [-0.15, -0.1) is 0 Å². The lowest BCUT2D eigenvalue weighted by Crippen LogP contribution is -2.20. The quantitative estimate of drug-likeness (QED) is 0.774. The number of aromatic amines is 1. The van der Waals surface area contributed by atoms with Crippen LogP contribution in [0, 0.1) is 5.92 Å². The van der Waals surface area contributed by atoms with E-state index in [1.54, 1.807) is 0 Å². The topological polar surface area (TPSA) is 25.0 Å². The van der Waals surface area contributed by atoms with Crippen molar-refractivity contribution >= 4 is 10.9 Å². The predicted octanol–water partition coefficient (Wildman–Crippen LogP) is 3.44. The number of hydrogen-bond acceptors (Lipinski definition) is 1. The number of rotatable bonds is 1. The Morgan fingerprint density at radius 2 is 2.25 bits per heavy atom. The molecule has 0 fully saturated rings. The Labute approximate surface area is 95.6 Å². The number of H-pyrrole nitrogens is 1. The number of nitrogens with one attached hydrogen (secondary N) is 1. The second kappa shape index (κ2) is 3.63. The van der Waals surface area contributed by atoms with Crippen molar-refractivity contribution in [3.63, 3.8) is 0 Å². The average molecular weight is 215 g/mol. The van der Waals surface area contributed by atoms with Crippen LogP contribution in [0.5, 0.6) is 0 Å². The molecular formula is C14H17NO. The monoisotopic (exact) mass is 215 g/mol. The number of hydrogen-bond donors (Lipinski definition) is 1. The van der Waals surface area contributed by atoms with E-state index in [1.165, 1.54) is 22.0 Å². The first-order valence-electron chi connectivity index (χ1n) is 5.93. The minimum atomic E-state index is 0.538. The lowest BCUT2D eigenvalue weighted by molar-refractivity contribution is 0.0794. The van der Waals surface area contributed by atoms with Gasteiger partial charge in [0, 0.05) is 17.6 Å². The first-order valence-corrected chi connectivity index (χ1v) is 5.93. The summed E-state index contributed by atoms with van der Waals surface area (Å²) >= 11 is 0. The summed E-state index contributed by atoms with van der Waals surface area (Å²) in [5.41, 5.74) is 4.07. The van der Waals surface area contributed by atoms with E-state index >= 15 is 0 Å². The Kier molecular flexibility index (Phi) is 2.25. The summed E-state index contributed by atoms with van der Waals surface area (Å²) in [6.45, 7) is 6.15. The van der Waals surface area contributed by atoms with Crippen molar-refractivity contribution < 1.29 is 4.74 Å². The fraction of sp³-hybridized carbons (Fsp3) is 0.429. The minimum Gasteiger partial charge on any atom is -0.376 e. The molecule has 0 saturated heterocycles. The maximum atomic E-state index is 5.69. The molecule has 0 bridgehead atoms. The summed E-state index contributed by atoms with van der Waals surface area (Å²) in [4.78, 5) is 3.29. The standard InChI is InChI=1S/C14H17NO/c1-9(2)13-8-16-7-11-5-10-3-4-15-14(10)6-12(11)13/h3-6,9,13,15H,7-8H2,1-2H3. The number of ether oxygens (including phenoxy) is 1. The van der Waals surface area contributed by atoms with E-state index in [2.05, 4.69) is 37.0 Å². The van der Waals surface area contributed by atoms with Crippen LogP contribution in [-0.2, 0) is 11.3 Å². The van der Waals surface area contributed by atoms with Crippen LogP contribution < -0.4 is 0 Å². The third-order valence-corrected chi connectivity index (χ3v) is 3.57. The predicted molar refractivity (Wildman–Crippen MR) is 65.5 cm³/mol. The highest BCUT2D eigenvalue weighted by atomic mass is 16.5. The van der Waals surface area contributed by atoms with Crippen LogP contribution in [0.4, 0.5) is 0 Å². The molecule has 2 nitrogen and oxygen atoms in total. The summed E-state index contributed by atoms with van der Waals surface area (Å²) in [6, 6.07) is 6.68. The molecule has 84 valence electrons. The van der Waals surface area contributed by atoms with Crippen molar-refractivity contribution in [1.82, 2.24) is 4.98 Å². The molecule has 1 aromatic heterocycles. The Morgan fingerprint density at radius 3 is 3.06 bits per heavy atom. The molecule has 2 heteroatoms. The third kappa shape index (κ3) is 1.45. The second-order valence-corrected chi connectivity index (χ2v) is 4.98. The molecule has 2 aromatic rings. The zero-order valence-electron chi connectivity index (χ0n) is 9.79.